The Morgan fingerprint density at radius 1 is 0.774 bits per heavy atom. The molecular weight excluding hydrogens is 394 g/mol. The Labute approximate surface area is 180 Å². The first-order valence-corrected chi connectivity index (χ1v) is 9.92. The predicted molar refractivity (Wildman–Crippen MR) is 118 cm³/mol. The Morgan fingerprint density at radius 3 is 2.06 bits per heavy atom. The minimum atomic E-state index is -0.632. The number of anilines is 1. The molecule has 0 aromatic heterocycles. The third kappa shape index (κ3) is 6.54. The first-order valence-electron chi connectivity index (χ1n) is 9.92. The van der Waals surface area contributed by atoms with E-state index in [2.05, 4.69) is 5.32 Å². The van der Waals surface area contributed by atoms with Gasteiger partial charge in [0, 0.05) is 17.7 Å². The predicted octanol–water partition coefficient (Wildman–Crippen LogP) is 4.51. The molecule has 0 aliphatic heterocycles. The molecule has 3 rings (SSSR count). The molecule has 1 amide bonds. The summed E-state index contributed by atoms with van der Waals surface area (Å²) in [5, 5.41) is 2.70. The van der Waals surface area contributed by atoms with Crippen molar-refractivity contribution in [2.45, 2.75) is 13.3 Å². The van der Waals surface area contributed by atoms with Crippen LogP contribution in [0.15, 0.2) is 78.9 Å². The zero-order valence-electron chi connectivity index (χ0n) is 17.2. The van der Waals surface area contributed by atoms with E-state index in [1.807, 2.05) is 42.5 Å². The number of nitrogens with one attached hydrogen (secondary N) is 1. The average molecular weight is 417 g/mol. The van der Waals surface area contributed by atoms with Gasteiger partial charge in [-0.25, -0.2) is 4.79 Å². The van der Waals surface area contributed by atoms with Gasteiger partial charge in [0.15, 0.2) is 19.0 Å². The molecule has 1 N–H and O–H groups in total. The Balaban J connectivity index is 1.43. The van der Waals surface area contributed by atoms with Crippen LogP contribution in [0.2, 0.25) is 0 Å². The van der Waals surface area contributed by atoms with Crippen LogP contribution in [-0.2, 0) is 14.3 Å². The van der Waals surface area contributed by atoms with Crippen molar-refractivity contribution < 1.29 is 23.9 Å². The number of carbonyl (C=O) groups excluding carboxylic acids is 3. The zero-order valence-corrected chi connectivity index (χ0v) is 17.2. The molecule has 158 valence electrons. The molecule has 0 radical (unpaired) electrons. The smallest absolute Gasteiger partial charge is 0.344 e. The Kier molecular flexibility index (Phi) is 7.54. The topological polar surface area (TPSA) is 81.7 Å². The molecule has 0 spiro atoms. The lowest BCUT2D eigenvalue weighted by Gasteiger charge is -2.08. The molecule has 0 saturated carbocycles. The maximum absolute atomic E-state index is 12.2. The van der Waals surface area contributed by atoms with Gasteiger partial charge in [-0.3, -0.25) is 9.59 Å². The number of carbonyl (C=O) groups is 3. The van der Waals surface area contributed by atoms with E-state index in [0.29, 0.717) is 23.4 Å². The number of ether oxygens (including phenoxy) is 2. The Bertz CT molecular complexity index is 1030. The molecule has 0 aliphatic rings. The van der Waals surface area contributed by atoms with Crippen LogP contribution in [0.5, 0.6) is 5.75 Å². The highest BCUT2D eigenvalue weighted by Gasteiger charge is 2.11. The van der Waals surface area contributed by atoms with Crippen molar-refractivity contribution in [3.63, 3.8) is 0 Å². The molecule has 3 aromatic carbocycles. The fourth-order valence-corrected chi connectivity index (χ4v) is 2.78. The van der Waals surface area contributed by atoms with Crippen molar-refractivity contribution in [3.05, 3.63) is 84.4 Å². The second-order valence-corrected chi connectivity index (χ2v) is 6.74. The van der Waals surface area contributed by atoms with E-state index in [4.69, 9.17) is 9.47 Å². The van der Waals surface area contributed by atoms with Crippen molar-refractivity contribution in [2.24, 2.45) is 0 Å². The van der Waals surface area contributed by atoms with Crippen LogP contribution in [0.4, 0.5) is 5.69 Å². The molecule has 0 saturated heterocycles. The third-order valence-corrected chi connectivity index (χ3v) is 4.49. The van der Waals surface area contributed by atoms with E-state index in [-0.39, 0.29) is 24.9 Å². The van der Waals surface area contributed by atoms with Crippen molar-refractivity contribution >= 4 is 23.3 Å². The standard InChI is InChI=1S/C25H23NO5/c1-2-24(28)26-21-12-8-20(9-13-21)23(27)16-31-25(29)17-30-22-14-10-19(11-15-22)18-6-4-3-5-7-18/h3-15H,2,16-17H2,1H3,(H,26,28). The largest absolute Gasteiger partial charge is 0.482 e. The molecule has 6 heteroatoms. The second kappa shape index (κ2) is 10.7. The molecule has 3 aromatic rings. The number of esters is 1. The number of ketones is 1. The van der Waals surface area contributed by atoms with Gasteiger partial charge in [0.1, 0.15) is 5.75 Å². The van der Waals surface area contributed by atoms with Crippen LogP contribution < -0.4 is 10.1 Å². The van der Waals surface area contributed by atoms with Crippen molar-refractivity contribution in [3.8, 4) is 16.9 Å². The minimum absolute atomic E-state index is 0.109. The first kappa shape index (κ1) is 21.8. The molecule has 0 bridgehead atoms. The van der Waals surface area contributed by atoms with E-state index >= 15 is 0 Å². The van der Waals surface area contributed by atoms with E-state index in [0.717, 1.165) is 11.1 Å². The summed E-state index contributed by atoms with van der Waals surface area (Å²) in [5.41, 5.74) is 3.13. The van der Waals surface area contributed by atoms with Gasteiger partial charge in [-0.2, -0.15) is 0 Å². The monoisotopic (exact) mass is 417 g/mol. The summed E-state index contributed by atoms with van der Waals surface area (Å²) in [6, 6.07) is 23.7. The van der Waals surface area contributed by atoms with E-state index in [1.165, 1.54) is 0 Å². The number of amides is 1. The minimum Gasteiger partial charge on any atom is -0.482 e. The maximum Gasteiger partial charge on any atom is 0.344 e. The summed E-state index contributed by atoms with van der Waals surface area (Å²) in [5.74, 6) is -0.545. The van der Waals surface area contributed by atoms with Crippen LogP contribution in [0.25, 0.3) is 11.1 Å². The molecule has 0 fully saturated rings. The van der Waals surface area contributed by atoms with Crippen LogP contribution in [-0.4, -0.2) is 30.9 Å². The van der Waals surface area contributed by atoms with Crippen molar-refractivity contribution in [2.75, 3.05) is 18.5 Å². The zero-order chi connectivity index (χ0) is 22.1. The fourth-order valence-electron chi connectivity index (χ4n) is 2.78. The van der Waals surface area contributed by atoms with Gasteiger partial charge in [-0.15, -0.1) is 0 Å². The van der Waals surface area contributed by atoms with Gasteiger partial charge in [-0.1, -0.05) is 49.4 Å². The summed E-state index contributed by atoms with van der Waals surface area (Å²) in [4.78, 5) is 35.5. The lowest BCUT2D eigenvalue weighted by Crippen LogP contribution is -2.19. The van der Waals surface area contributed by atoms with Crippen molar-refractivity contribution in [1.29, 1.82) is 0 Å². The van der Waals surface area contributed by atoms with Gasteiger partial charge < -0.3 is 14.8 Å². The molecule has 0 atom stereocenters. The summed E-state index contributed by atoms with van der Waals surface area (Å²) < 4.78 is 10.4. The molecule has 0 aliphatic carbocycles. The SMILES string of the molecule is CCC(=O)Nc1ccc(C(=O)COC(=O)COc2ccc(-c3ccccc3)cc2)cc1. The quantitative estimate of drug-likeness (QED) is 0.409. The number of rotatable bonds is 9. The van der Waals surface area contributed by atoms with E-state index in [1.54, 1.807) is 43.3 Å². The normalized spacial score (nSPS) is 10.2. The van der Waals surface area contributed by atoms with Crippen LogP contribution >= 0.6 is 0 Å². The summed E-state index contributed by atoms with van der Waals surface area (Å²) in [6.45, 7) is 1.08. The van der Waals surface area contributed by atoms with Crippen LogP contribution in [0.3, 0.4) is 0 Å². The van der Waals surface area contributed by atoms with Gasteiger partial charge in [-0.05, 0) is 47.5 Å². The lowest BCUT2D eigenvalue weighted by molar-refractivity contribution is -0.144. The highest BCUT2D eigenvalue weighted by Crippen LogP contribution is 2.22. The molecular formula is C25H23NO5. The van der Waals surface area contributed by atoms with Crippen LogP contribution in [0, 0.1) is 0 Å². The Hall–Kier alpha value is -3.93. The van der Waals surface area contributed by atoms with E-state index in [9.17, 15) is 14.4 Å². The molecule has 6 nitrogen and oxygen atoms in total. The Morgan fingerprint density at radius 2 is 1.42 bits per heavy atom. The van der Waals surface area contributed by atoms with Gasteiger partial charge >= 0.3 is 5.97 Å². The average Bonchev–Trinajstić information content (AvgIpc) is 2.82. The number of Topliss-reactive ketones (excluding diaryl/α,β-unsaturated/α-hetero) is 1. The van der Waals surface area contributed by atoms with E-state index < -0.39 is 5.97 Å². The summed E-state index contributed by atoms with van der Waals surface area (Å²) in [7, 11) is 0. The number of hydrogen-bond acceptors (Lipinski definition) is 5. The highest BCUT2D eigenvalue weighted by molar-refractivity contribution is 5.98. The molecule has 0 heterocycles. The third-order valence-electron chi connectivity index (χ3n) is 4.49. The number of hydrogen-bond donors (Lipinski definition) is 1. The van der Waals surface area contributed by atoms with Crippen molar-refractivity contribution in [1.82, 2.24) is 0 Å². The molecule has 31 heavy (non-hydrogen) atoms. The number of benzene rings is 3. The second-order valence-electron chi connectivity index (χ2n) is 6.74. The fraction of sp³-hybridized carbons (Fsp3) is 0.160. The van der Waals surface area contributed by atoms with Gasteiger partial charge in [0.05, 0.1) is 0 Å². The van der Waals surface area contributed by atoms with Gasteiger partial charge in [0.2, 0.25) is 5.91 Å². The summed E-state index contributed by atoms with van der Waals surface area (Å²) in [6.07, 6.45) is 0.371. The van der Waals surface area contributed by atoms with Gasteiger partial charge in [0.25, 0.3) is 0 Å². The first-order chi connectivity index (χ1) is 15.0. The lowest BCUT2D eigenvalue weighted by atomic mass is 10.1. The summed E-state index contributed by atoms with van der Waals surface area (Å²) >= 11 is 0. The molecule has 0 unspecified atom stereocenters. The highest BCUT2D eigenvalue weighted by atomic mass is 16.6. The van der Waals surface area contributed by atoms with Crippen LogP contribution in [0.1, 0.15) is 23.7 Å². The maximum atomic E-state index is 12.2.